The molecule has 55 heavy (non-hydrogen) atoms. The van der Waals surface area contributed by atoms with Crippen LogP contribution in [0.5, 0.6) is 0 Å². The van der Waals surface area contributed by atoms with Crippen LogP contribution in [0.4, 0.5) is 0 Å². The van der Waals surface area contributed by atoms with Crippen molar-refractivity contribution in [3.8, 4) is 0 Å². The van der Waals surface area contributed by atoms with Crippen LogP contribution in [0.3, 0.4) is 0 Å². The van der Waals surface area contributed by atoms with Crippen LogP contribution in [0, 0.1) is 0 Å². The average molecular weight is 792 g/mol. The first-order chi connectivity index (χ1) is 27.2. The van der Waals surface area contributed by atoms with Crippen LogP contribution in [0.15, 0.2) is 0 Å². The van der Waals surface area contributed by atoms with E-state index in [-0.39, 0.29) is 0 Å². The first kappa shape index (κ1) is 55.4. The van der Waals surface area contributed by atoms with Crippen LogP contribution >= 0.6 is 7.26 Å². The Morgan fingerprint density at radius 3 is 0.382 bits per heavy atom. The van der Waals surface area contributed by atoms with Gasteiger partial charge in [-0.05, 0) is 51.4 Å². The topological polar surface area (TPSA) is 0 Å². The molecule has 0 amide bonds. The van der Waals surface area contributed by atoms with Crippen LogP contribution in [0.2, 0.25) is 0 Å². The van der Waals surface area contributed by atoms with Crippen molar-refractivity contribution in [1.29, 1.82) is 0 Å². The second-order valence-corrected chi connectivity index (χ2v) is 23.6. The van der Waals surface area contributed by atoms with E-state index in [1.807, 2.05) is 0 Å². The van der Waals surface area contributed by atoms with Gasteiger partial charge in [-0.1, -0.05) is 272 Å². The summed E-state index contributed by atoms with van der Waals surface area (Å²) >= 11 is 0. The second-order valence-electron chi connectivity index (χ2n) is 19.1. The number of unbranched alkanes of at least 4 members (excludes halogenated alkanes) is 42. The van der Waals surface area contributed by atoms with E-state index in [1.165, 1.54) is 270 Å². The molecule has 0 aliphatic carbocycles. The quantitative estimate of drug-likeness (QED) is 0.0425. The van der Waals surface area contributed by atoms with Crippen LogP contribution in [0.1, 0.15) is 323 Å². The Bertz CT molecular complexity index is 586. The molecule has 0 spiro atoms. The van der Waals surface area contributed by atoms with Gasteiger partial charge in [0.25, 0.3) is 0 Å². The molecular formula is C54H112P+. The lowest BCUT2D eigenvalue weighted by atomic mass is 10.1. The highest BCUT2D eigenvalue weighted by atomic mass is 31.2. The highest BCUT2D eigenvalue weighted by molar-refractivity contribution is 7.75. The molecular weight excluding hydrogens is 680 g/mol. The predicted octanol–water partition coefficient (Wildman–Crippen LogP) is 21.0. The minimum atomic E-state index is -0.810. The molecule has 0 radical (unpaired) electrons. The van der Waals surface area contributed by atoms with Gasteiger partial charge >= 0.3 is 0 Å². The van der Waals surface area contributed by atoms with Gasteiger partial charge in [-0.2, -0.15) is 0 Å². The minimum absolute atomic E-state index is 0.810. The molecule has 0 aromatic rings. The Morgan fingerprint density at radius 2 is 0.255 bits per heavy atom. The molecule has 0 bridgehead atoms. The van der Waals surface area contributed by atoms with Crippen molar-refractivity contribution in [2.75, 3.05) is 24.6 Å². The van der Waals surface area contributed by atoms with Gasteiger partial charge in [0, 0.05) is 7.26 Å². The molecule has 332 valence electrons. The highest BCUT2D eigenvalue weighted by Crippen LogP contribution is 2.61. The fourth-order valence-corrected chi connectivity index (χ4v) is 14.4. The van der Waals surface area contributed by atoms with Crippen molar-refractivity contribution in [2.45, 2.75) is 323 Å². The Morgan fingerprint density at radius 1 is 0.145 bits per heavy atom. The van der Waals surface area contributed by atoms with Gasteiger partial charge in [0.05, 0.1) is 24.6 Å². The standard InChI is InChI=1S/C54H112P/c1-5-9-13-17-21-25-29-32-36-40-44-48-52-55(51-47-43-39-35-28-24-20-16-12-8-4,53-49-45-41-37-33-30-26-22-18-14-10-6-2)54-50-46-42-38-34-31-27-23-19-15-11-7-3/h5-54H2,1-4H3/q+1. The molecule has 0 saturated carbocycles. The SMILES string of the molecule is CCCCCCCCCCCCCC[P+](CCCCCCCCCCCC)(CCCCCCCCCCCCCC)CCCCCCCCCCCCCC. The van der Waals surface area contributed by atoms with Gasteiger partial charge in [-0.3, -0.25) is 0 Å². The molecule has 0 N–H and O–H groups in total. The van der Waals surface area contributed by atoms with Crippen molar-refractivity contribution in [3.63, 3.8) is 0 Å². The van der Waals surface area contributed by atoms with Crippen LogP contribution in [-0.4, -0.2) is 24.6 Å². The fourth-order valence-electron chi connectivity index (χ4n) is 9.47. The zero-order valence-electron chi connectivity index (χ0n) is 39.8. The molecule has 1 heteroatoms. The summed E-state index contributed by atoms with van der Waals surface area (Å²) in [6.07, 6.45) is 75.3. The van der Waals surface area contributed by atoms with E-state index in [1.54, 1.807) is 50.3 Å². The Labute approximate surface area is 353 Å². The third-order valence-electron chi connectivity index (χ3n) is 13.4. The van der Waals surface area contributed by atoms with E-state index in [2.05, 4.69) is 27.7 Å². The lowest BCUT2D eigenvalue weighted by Crippen LogP contribution is -2.13. The lowest BCUT2D eigenvalue weighted by Gasteiger charge is -2.28. The predicted molar refractivity (Wildman–Crippen MR) is 261 cm³/mol. The van der Waals surface area contributed by atoms with Crippen molar-refractivity contribution >= 4 is 7.26 Å². The zero-order chi connectivity index (χ0) is 39.9. The molecule has 0 nitrogen and oxygen atoms in total. The van der Waals surface area contributed by atoms with E-state index in [0.717, 1.165) is 0 Å². The molecule has 0 aliphatic heterocycles. The lowest BCUT2D eigenvalue weighted by molar-refractivity contribution is 0.545. The van der Waals surface area contributed by atoms with E-state index in [4.69, 9.17) is 0 Å². The summed E-state index contributed by atoms with van der Waals surface area (Å²) in [6.45, 7) is 9.35. The maximum Gasteiger partial charge on any atom is 0.0594 e. The largest absolute Gasteiger partial charge is 0.0654 e. The van der Waals surface area contributed by atoms with Crippen molar-refractivity contribution in [2.24, 2.45) is 0 Å². The Hall–Kier alpha value is 0.430. The highest BCUT2D eigenvalue weighted by Gasteiger charge is 2.35. The number of rotatable bonds is 50. The molecule has 0 heterocycles. The molecule has 0 rings (SSSR count). The summed E-state index contributed by atoms with van der Waals surface area (Å²) in [7, 11) is -0.810. The van der Waals surface area contributed by atoms with Gasteiger partial charge < -0.3 is 0 Å². The molecule has 0 atom stereocenters. The summed E-state index contributed by atoms with van der Waals surface area (Å²) in [5.74, 6) is 0. The third kappa shape index (κ3) is 43.8. The first-order valence-corrected chi connectivity index (χ1v) is 29.6. The average Bonchev–Trinajstić information content (AvgIpc) is 3.19. The van der Waals surface area contributed by atoms with Crippen molar-refractivity contribution < 1.29 is 0 Å². The van der Waals surface area contributed by atoms with E-state index in [9.17, 15) is 0 Å². The first-order valence-electron chi connectivity index (χ1n) is 27.1. The van der Waals surface area contributed by atoms with Gasteiger partial charge in [0.1, 0.15) is 0 Å². The number of hydrogen-bond acceptors (Lipinski definition) is 0. The van der Waals surface area contributed by atoms with Gasteiger partial charge in [0.15, 0.2) is 0 Å². The Balaban J connectivity index is 4.89. The molecule has 0 aromatic carbocycles. The van der Waals surface area contributed by atoms with Gasteiger partial charge in [-0.15, -0.1) is 0 Å². The monoisotopic (exact) mass is 792 g/mol. The second kappa shape index (κ2) is 48.8. The summed E-state index contributed by atoms with van der Waals surface area (Å²) in [5.41, 5.74) is 0. The molecule has 0 saturated heterocycles. The normalized spacial score (nSPS) is 12.0. The van der Waals surface area contributed by atoms with Gasteiger partial charge in [-0.25, -0.2) is 0 Å². The molecule has 0 aliphatic rings. The van der Waals surface area contributed by atoms with Crippen molar-refractivity contribution in [1.82, 2.24) is 0 Å². The van der Waals surface area contributed by atoms with E-state index in [0.29, 0.717) is 0 Å². The van der Waals surface area contributed by atoms with Crippen molar-refractivity contribution in [3.05, 3.63) is 0 Å². The van der Waals surface area contributed by atoms with Crippen LogP contribution in [-0.2, 0) is 0 Å². The maximum absolute atomic E-state index is 2.34. The fraction of sp³-hybridized carbons (Fsp3) is 1.00. The van der Waals surface area contributed by atoms with E-state index >= 15 is 0 Å². The Kier molecular flexibility index (Phi) is 49.2. The molecule has 0 unspecified atom stereocenters. The zero-order valence-corrected chi connectivity index (χ0v) is 40.7. The number of hydrogen-bond donors (Lipinski definition) is 0. The summed E-state index contributed by atoms with van der Waals surface area (Å²) in [6, 6.07) is 0. The summed E-state index contributed by atoms with van der Waals surface area (Å²) in [5, 5.41) is 0. The van der Waals surface area contributed by atoms with Crippen LogP contribution in [0.25, 0.3) is 0 Å². The summed E-state index contributed by atoms with van der Waals surface area (Å²) < 4.78 is 0. The molecule has 0 aromatic heterocycles. The molecule has 0 fully saturated rings. The van der Waals surface area contributed by atoms with Gasteiger partial charge in [0.2, 0.25) is 0 Å². The smallest absolute Gasteiger partial charge is 0.0594 e. The van der Waals surface area contributed by atoms with E-state index < -0.39 is 7.26 Å². The van der Waals surface area contributed by atoms with Crippen LogP contribution < -0.4 is 0 Å². The minimum Gasteiger partial charge on any atom is -0.0654 e. The summed E-state index contributed by atoms with van der Waals surface area (Å²) in [4.78, 5) is 0. The third-order valence-corrected chi connectivity index (χ3v) is 18.5. The maximum atomic E-state index is 2.34.